The fourth-order valence-electron chi connectivity index (χ4n) is 6.05. The summed E-state index contributed by atoms with van der Waals surface area (Å²) in [7, 11) is 1.54. The van der Waals surface area contributed by atoms with E-state index in [1.54, 1.807) is 22.2 Å². The van der Waals surface area contributed by atoms with Gasteiger partial charge in [-0.25, -0.2) is 9.78 Å². The summed E-state index contributed by atoms with van der Waals surface area (Å²) in [6, 6.07) is 7.56. The van der Waals surface area contributed by atoms with Crippen molar-refractivity contribution in [2.45, 2.75) is 97.1 Å². The molecule has 0 unspecified atom stereocenters. The number of carbonyl (C=O) groups excluding carboxylic acids is 3. The first-order valence-corrected chi connectivity index (χ1v) is 19.0. The molecule has 0 spiro atoms. The number of piperazine rings is 1. The molecule has 1 fully saturated rings. The van der Waals surface area contributed by atoms with Crippen LogP contribution in [0.15, 0.2) is 47.4 Å². The lowest BCUT2D eigenvalue weighted by Crippen LogP contribution is -2.63. The Morgan fingerprint density at radius 1 is 1.10 bits per heavy atom. The molecule has 12 nitrogen and oxygen atoms in total. The van der Waals surface area contributed by atoms with Crippen molar-refractivity contribution in [3.8, 4) is 5.88 Å². The van der Waals surface area contributed by atoms with E-state index >= 15 is 0 Å². The summed E-state index contributed by atoms with van der Waals surface area (Å²) >= 11 is 3.00. The molecular weight excluding hydrogens is 675 g/mol. The molecule has 3 amide bonds. The van der Waals surface area contributed by atoms with Crippen molar-refractivity contribution in [2.75, 3.05) is 33.2 Å². The lowest BCUT2D eigenvalue weighted by molar-refractivity contribution is -0.132. The number of thiazole rings is 2. The summed E-state index contributed by atoms with van der Waals surface area (Å²) in [5, 5.41) is 20.6. The van der Waals surface area contributed by atoms with E-state index in [-0.39, 0.29) is 30.2 Å². The van der Waals surface area contributed by atoms with E-state index in [1.165, 1.54) is 23.3 Å². The van der Waals surface area contributed by atoms with Gasteiger partial charge < -0.3 is 20.5 Å². The average molecular weight is 728 g/mol. The van der Waals surface area contributed by atoms with Gasteiger partial charge in [0.1, 0.15) is 12.1 Å². The Bertz CT molecular complexity index is 1530. The van der Waals surface area contributed by atoms with Gasteiger partial charge in [-0.15, -0.1) is 22.7 Å². The number of hydrogen-bond donors (Lipinski definition) is 3. The number of aromatic nitrogens is 2. The van der Waals surface area contributed by atoms with Gasteiger partial charge in [-0.05, 0) is 38.7 Å². The highest BCUT2D eigenvalue weighted by Gasteiger charge is 2.38. The summed E-state index contributed by atoms with van der Waals surface area (Å²) in [5.41, 5.74) is 2.31. The first kappa shape index (κ1) is 39.4. The number of nitrogens with zero attached hydrogens (tertiary/aromatic N) is 5. The molecule has 0 bridgehead atoms. The van der Waals surface area contributed by atoms with Crippen LogP contribution in [0.1, 0.15) is 69.8 Å². The number of ether oxygens (including phenoxy) is 1. The second-order valence-corrected chi connectivity index (χ2v) is 16.5. The fraction of sp³-hybridized carbons (Fsp3) is 0.583. The standard InChI is InChI=1S/C36H53N7O5S2/c1-23(2)31(41(8)35(47)48-30-21-49-34(39-30)24(3)4)33(46)38-27(16-25-12-10-9-11-13-25)29(44)20-43-15-14-42(18-26-17-37-22-50-26)19-28(43)32(45)40-36(5,6)7/h9-13,17,21-24,27-29,31,44H,14-16,18-20H2,1-8H3,(H,38,46)(H,40,45)/t27-,28-,29+,31-/m0/s1. The molecule has 274 valence electrons. The molecule has 3 heterocycles. The van der Waals surface area contributed by atoms with Crippen molar-refractivity contribution in [3.63, 3.8) is 0 Å². The van der Waals surface area contributed by atoms with Crippen LogP contribution >= 0.6 is 22.7 Å². The number of nitrogens with one attached hydrogen (secondary N) is 2. The van der Waals surface area contributed by atoms with E-state index in [4.69, 9.17) is 4.74 Å². The number of aliphatic hydroxyl groups is 1. The maximum Gasteiger partial charge on any atom is 0.417 e. The molecule has 50 heavy (non-hydrogen) atoms. The van der Waals surface area contributed by atoms with Crippen molar-refractivity contribution in [1.82, 2.24) is 35.3 Å². The molecule has 4 rings (SSSR count). The molecule has 14 heteroatoms. The molecule has 3 aromatic rings. The van der Waals surface area contributed by atoms with Crippen LogP contribution in [0.2, 0.25) is 0 Å². The third-order valence-corrected chi connectivity index (χ3v) is 10.4. The summed E-state index contributed by atoms with van der Waals surface area (Å²) in [6.45, 7) is 16.2. The number of hydrogen-bond acceptors (Lipinski definition) is 11. The predicted molar refractivity (Wildman–Crippen MR) is 197 cm³/mol. The number of likely N-dealkylation sites (N-methyl/N-ethyl adjacent to an activating group) is 1. The molecule has 0 saturated carbocycles. The Morgan fingerprint density at radius 3 is 2.42 bits per heavy atom. The van der Waals surface area contributed by atoms with E-state index in [0.29, 0.717) is 32.6 Å². The van der Waals surface area contributed by atoms with Gasteiger partial charge in [0.2, 0.25) is 17.7 Å². The molecular formula is C36H53N7O5S2. The molecule has 0 radical (unpaired) electrons. The number of benzene rings is 1. The van der Waals surface area contributed by atoms with Crippen LogP contribution in [-0.4, -0.2) is 111 Å². The number of aliphatic hydroxyl groups excluding tert-OH is 1. The van der Waals surface area contributed by atoms with Crippen LogP contribution in [0, 0.1) is 5.92 Å². The first-order chi connectivity index (χ1) is 23.6. The van der Waals surface area contributed by atoms with Crippen LogP contribution in [-0.2, 0) is 22.6 Å². The van der Waals surface area contributed by atoms with E-state index in [1.807, 2.05) is 89.9 Å². The number of amides is 3. The van der Waals surface area contributed by atoms with Crippen molar-refractivity contribution < 1.29 is 24.2 Å². The van der Waals surface area contributed by atoms with Gasteiger partial charge in [-0.2, -0.15) is 0 Å². The minimum atomic E-state index is -1.02. The molecule has 1 aliphatic heterocycles. The maximum atomic E-state index is 14.0. The highest BCUT2D eigenvalue weighted by atomic mass is 32.1. The van der Waals surface area contributed by atoms with E-state index in [9.17, 15) is 19.5 Å². The zero-order chi connectivity index (χ0) is 36.6. The van der Waals surface area contributed by atoms with Gasteiger partial charge in [-0.3, -0.25) is 29.3 Å². The minimum absolute atomic E-state index is 0.108. The summed E-state index contributed by atoms with van der Waals surface area (Å²) < 4.78 is 5.55. The van der Waals surface area contributed by atoms with Crippen LogP contribution in [0.5, 0.6) is 5.88 Å². The van der Waals surface area contributed by atoms with Crippen LogP contribution < -0.4 is 15.4 Å². The smallest absolute Gasteiger partial charge is 0.390 e. The normalized spacial score (nSPS) is 17.7. The van der Waals surface area contributed by atoms with Crippen LogP contribution in [0.25, 0.3) is 0 Å². The predicted octanol–water partition coefficient (Wildman–Crippen LogP) is 4.37. The molecule has 1 aliphatic rings. The lowest BCUT2D eigenvalue weighted by atomic mass is 9.97. The van der Waals surface area contributed by atoms with Crippen molar-refractivity contribution in [2.24, 2.45) is 5.92 Å². The highest BCUT2D eigenvalue weighted by molar-refractivity contribution is 7.10. The number of carbonyl (C=O) groups is 3. The van der Waals surface area contributed by atoms with Crippen LogP contribution in [0.4, 0.5) is 4.79 Å². The third kappa shape index (κ3) is 11.3. The second kappa shape index (κ2) is 17.7. The van der Waals surface area contributed by atoms with Gasteiger partial charge in [0.15, 0.2) is 0 Å². The van der Waals surface area contributed by atoms with Crippen LogP contribution in [0.3, 0.4) is 0 Å². The van der Waals surface area contributed by atoms with E-state index < -0.39 is 41.8 Å². The second-order valence-electron chi connectivity index (χ2n) is 14.7. The maximum absolute atomic E-state index is 14.0. The quantitative estimate of drug-likeness (QED) is 0.221. The molecule has 0 aliphatic carbocycles. The summed E-state index contributed by atoms with van der Waals surface area (Å²) in [6.07, 6.45) is 0.494. The van der Waals surface area contributed by atoms with Gasteiger partial charge in [-0.1, -0.05) is 58.0 Å². The number of β-amino-alcohol motifs (C(OH)–C–C–N with tert-alkyl or cyclic N) is 1. The Morgan fingerprint density at radius 2 is 1.82 bits per heavy atom. The van der Waals surface area contributed by atoms with Gasteiger partial charge in [0.05, 0.1) is 28.0 Å². The van der Waals surface area contributed by atoms with Gasteiger partial charge >= 0.3 is 6.09 Å². The SMILES string of the molecule is CC(C)c1nc(OC(=O)N(C)[C@H](C(=O)N[C@@H](Cc2ccccc2)[C@H](O)CN2CCN(Cc3cncs3)C[C@H]2C(=O)NC(C)(C)C)C(C)C)cs1. The zero-order valence-electron chi connectivity index (χ0n) is 30.5. The largest absolute Gasteiger partial charge is 0.417 e. The molecule has 4 atom stereocenters. The third-order valence-electron chi connectivity index (χ3n) is 8.54. The topological polar surface area (TPSA) is 140 Å². The van der Waals surface area contributed by atoms with Crippen molar-refractivity contribution >= 4 is 40.6 Å². The minimum Gasteiger partial charge on any atom is -0.390 e. The molecule has 1 saturated heterocycles. The first-order valence-electron chi connectivity index (χ1n) is 17.2. The van der Waals surface area contributed by atoms with Gasteiger partial charge in [0, 0.05) is 62.3 Å². The Balaban J connectivity index is 1.52. The zero-order valence-corrected chi connectivity index (χ0v) is 32.1. The van der Waals surface area contributed by atoms with Crippen molar-refractivity contribution in [1.29, 1.82) is 0 Å². The molecule has 2 aromatic heterocycles. The monoisotopic (exact) mass is 727 g/mol. The number of rotatable bonds is 14. The van der Waals surface area contributed by atoms with Crippen molar-refractivity contribution in [3.05, 3.63) is 62.9 Å². The van der Waals surface area contributed by atoms with Gasteiger partial charge in [0.25, 0.3) is 0 Å². The highest BCUT2D eigenvalue weighted by Crippen LogP contribution is 2.24. The fourth-order valence-corrected chi connectivity index (χ4v) is 7.43. The summed E-state index contributed by atoms with van der Waals surface area (Å²) in [5.74, 6) is -0.378. The summed E-state index contributed by atoms with van der Waals surface area (Å²) in [4.78, 5) is 56.2. The van der Waals surface area contributed by atoms with E-state index in [2.05, 4.69) is 25.5 Å². The Hall–Kier alpha value is -3.43. The Labute approximate surface area is 304 Å². The lowest BCUT2D eigenvalue weighted by Gasteiger charge is -2.43. The molecule has 3 N–H and O–H groups in total. The average Bonchev–Trinajstić information content (AvgIpc) is 3.73. The Kier molecular flexibility index (Phi) is 13.9. The van der Waals surface area contributed by atoms with E-state index in [0.717, 1.165) is 15.4 Å². The molecule has 1 aromatic carbocycles.